The molecule has 0 radical (unpaired) electrons. The van der Waals surface area contributed by atoms with Crippen molar-refractivity contribution in [1.82, 2.24) is 10.3 Å². The summed E-state index contributed by atoms with van der Waals surface area (Å²) in [4.78, 5) is 3.69. The molecule has 0 saturated carbocycles. The molecule has 0 spiro atoms. The first-order valence-corrected chi connectivity index (χ1v) is 5.92. The standard InChI is InChI=1S/C12H15F3N2O/c13-12(14,15)9-4-6-16-7-8(9)11(18)10-3-1-2-5-17-10/h4,6-7,10-11,17-18H,1-3,5H2. The van der Waals surface area contributed by atoms with Crippen molar-refractivity contribution in [2.75, 3.05) is 6.54 Å². The summed E-state index contributed by atoms with van der Waals surface area (Å²) in [6, 6.07) is 0.575. The van der Waals surface area contributed by atoms with Gasteiger partial charge in [0, 0.05) is 24.0 Å². The molecule has 1 fully saturated rings. The van der Waals surface area contributed by atoms with Crippen molar-refractivity contribution < 1.29 is 18.3 Å². The van der Waals surface area contributed by atoms with Gasteiger partial charge in [0.25, 0.3) is 0 Å². The molecule has 1 aromatic rings. The molecule has 0 bridgehead atoms. The van der Waals surface area contributed by atoms with E-state index in [1.54, 1.807) is 0 Å². The van der Waals surface area contributed by atoms with Gasteiger partial charge in [-0.05, 0) is 25.5 Å². The van der Waals surface area contributed by atoms with E-state index in [9.17, 15) is 18.3 Å². The van der Waals surface area contributed by atoms with Gasteiger partial charge in [-0.3, -0.25) is 4.98 Å². The summed E-state index contributed by atoms with van der Waals surface area (Å²) in [6.07, 6.45) is -0.868. The molecule has 2 unspecified atom stereocenters. The molecule has 3 nitrogen and oxygen atoms in total. The van der Waals surface area contributed by atoms with Crippen LogP contribution in [0.4, 0.5) is 13.2 Å². The van der Waals surface area contributed by atoms with Crippen LogP contribution in [0.15, 0.2) is 18.5 Å². The fourth-order valence-corrected chi connectivity index (χ4v) is 2.27. The zero-order valence-corrected chi connectivity index (χ0v) is 9.74. The molecule has 0 aromatic carbocycles. The second-order valence-electron chi connectivity index (χ2n) is 4.46. The third kappa shape index (κ3) is 2.81. The molecular formula is C12H15F3N2O. The lowest BCUT2D eigenvalue weighted by Gasteiger charge is -2.29. The second-order valence-corrected chi connectivity index (χ2v) is 4.46. The minimum absolute atomic E-state index is 0.149. The number of aromatic nitrogens is 1. The van der Waals surface area contributed by atoms with Gasteiger partial charge in [-0.2, -0.15) is 13.2 Å². The van der Waals surface area contributed by atoms with Gasteiger partial charge in [0.2, 0.25) is 0 Å². The summed E-state index contributed by atoms with van der Waals surface area (Å²) in [5.41, 5.74) is -0.957. The van der Waals surface area contributed by atoms with Crippen molar-refractivity contribution in [3.63, 3.8) is 0 Å². The molecule has 2 N–H and O–H groups in total. The highest BCUT2D eigenvalue weighted by atomic mass is 19.4. The lowest BCUT2D eigenvalue weighted by Crippen LogP contribution is -2.39. The number of aliphatic hydroxyl groups excluding tert-OH is 1. The highest BCUT2D eigenvalue weighted by molar-refractivity contribution is 5.29. The molecule has 2 atom stereocenters. The van der Waals surface area contributed by atoms with Crippen LogP contribution in [-0.2, 0) is 6.18 Å². The number of halogens is 3. The first kappa shape index (κ1) is 13.3. The minimum Gasteiger partial charge on any atom is -0.387 e. The Kier molecular flexibility index (Phi) is 3.87. The Labute approximate surface area is 103 Å². The van der Waals surface area contributed by atoms with Crippen LogP contribution in [-0.4, -0.2) is 22.7 Å². The number of nitrogens with zero attached hydrogens (tertiary/aromatic N) is 1. The Bertz CT molecular complexity index is 403. The van der Waals surface area contributed by atoms with E-state index in [1.165, 1.54) is 0 Å². The Balaban J connectivity index is 2.26. The number of alkyl halides is 3. The average molecular weight is 260 g/mol. The van der Waals surface area contributed by atoms with Crippen molar-refractivity contribution in [3.05, 3.63) is 29.6 Å². The Morgan fingerprint density at radius 1 is 1.39 bits per heavy atom. The monoisotopic (exact) mass is 260 g/mol. The number of hydrogen-bond donors (Lipinski definition) is 2. The van der Waals surface area contributed by atoms with Gasteiger partial charge < -0.3 is 10.4 Å². The van der Waals surface area contributed by atoms with Crippen LogP contribution >= 0.6 is 0 Å². The minimum atomic E-state index is -4.46. The fourth-order valence-electron chi connectivity index (χ4n) is 2.27. The van der Waals surface area contributed by atoms with Crippen LogP contribution in [0.5, 0.6) is 0 Å². The number of pyridine rings is 1. The van der Waals surface area contributed by atoms with E-state index in [2.05, 4.69) is 10.3 Å². The van der Waals surface area contributed by atoms with Gasteiger partial charge in [0.1, 0.15) is 0 Å². The Morgan fingerprint density at radius 2 is 2.17 bits per heavy atom. The molecular weight excluding hydrogens is 245 g/mol. The number of piperidine rings is 1. The van der Waals surface area contributed by atoms with Crippen LogP contribution in [0.2, 0.25) is 0 Å². The van der Waals surface area contributed by atoms with Crippen molar-refractivity contribution >= 4 is 0 Å². The molecule has 1 saturated heterocycles. The summed E-state index contributed by atoms with van der Waals surface area (Å²) in [6.45, 7) is 0.726. The third-order valence-corrected chi connectivity index (χ3v) is 3.21. The average Bonchev–Trinajstić information content (AvgIpc) is 2.38. The Hall–Kier alpha value is -1.14. The molecule has 0 amide bonds. The summed E-state index contributed by atoms with van der Waals surface area (Å²) in [5, 5.41) is 13.1. The zero-order chi connectivity index (χ0) is 13.2. The number of hydrogen-bond acceptors (Lipinski definition) is 3. The van der Waals surface area contributed by atoms with Crippen LogP contribution in [0, 0.1) is 0 Å². The Morgan fingerprint density at radius 3 is 2.78 bits per heavy atom. The van der Waals surface area contributed by atoms with Gasteiger partial charge in [0.05, 0.1) is 11.7 Å². The smallest absolute Gasteiger partial charge is 0.387 e. The van der Waals surface area contributed by atoms with Crippen molar-refractivity contribution in [2.45, 2.75) is 37.6 Å². The highest BCUT2D eigenvalue weighted by Crippen LogP contribution is 2.35. The lowest BCUT2D eigenvalue weighted by molar-refractivity contribution is -0.139. The maximum atomic E-state index is 12.8. The van der Waals surface area contributed by atoms with Crippen LogP contribution < -0.4 is 5.32 Å². The van der Waals surface area contributed by atoms with E-state index in [4.69, 9.17) is 0 Å². The van der Waals surface area contributed by atoms with E-state index >= 15 is 0 Å². The summed E-state index contributed by atoms with van der Waals surface area (Å²) in [5.74, 6) is 0. The maximum Gasteiger partial charge on any atom is 0.416 e. The number of nitrogens with one attached hydrogen (secondary N) is 1. The SMILES string of the molecule is OC(c1cnccc1C(F)(F)F)C1CCCCN1. The molecule has 1 aromatic heterocycles. The van der Waals surface area contributed by atoms with Gasteiger partial charge in [-0.15, -0.1) is 0 Å². The van der Waals surface area contributed by atoms with Crippen molar-refractivity contribution in [3.8, 4) is 0 Å². The van der Waals surface area contributed by atoms with E-state index < -0.39 is 17.8 Å². The molecule has 18 heavy (non-hydrogen) atoms. The summed E-state index contributed by atoms with van der Waals surface area (Å²) >= 11 is 0. The number of rotatable bonds is 2. The molecule has 0 aliphatic carbocycles. The lowest BCUT2D eigenvalue weighted by atomic mass is 9.93. The van der Waals surface area contributed by atoms with Crippen molar-refractivity contribution in [2.24, 2.45) is 0 Å². The first-order valence-electron chi connectivity index (χ1n) is 5.92. The summed E-state index contributed by atoms with van der Waals surface area (Å²) < 4.78 is 38.4. The quantitative estimate of drug-likeness (QED) is 0.857. The third-order valence-electron chi connectivity index (χ3n) is 3.21. The molecule has 2 rings (SSSR count). The van der Waals surface area contributed by atoms with Gasteiger partial charge in [-0.1, -0.05) is 6.42 Å². The first-order chi connectivity index (χ1) is 8.50. The van der Waals surface area contributed by atoms with Crippen LogP contribution in [0.1, 0.15) is 36.5 Å². The molecule has 1 aliphatic heterocycles. The maximum absolute atomic E-state index is 12.8. The highest BCUT2D eigenvalue weighted by Gasteiger charge is 2.36. The largest absolute Gasteiger partial charge is 0.416 e. The topological polar surface area (TPSA) is 45.2 Å². The van der Waals surface area contributed by atoms with Crippen molar-refractivity contribution in [1.29, 1.82) is 0 Å². The fraction of sp³-hybridized carbons (Fsp3) is 0.583. The molecule has 1 aliphatic rings. The van der Waals surface area contributed by atoms with Gasteiger partial charge in [0.15, 0.2) is 0 Å². The molecule has 2 heterocycles. The number of aliphatic hydroxyl groups is 1. The predicted octanol–water partition coefficient (Wildman–Crippen LogP) is 2.28. The van der Waals surface area contributed by atoms with E-state index in [1.807, 2.05) is 0 Å². The summed E-state index contributed by atoms with van der Waals surface area (Å²) in [7, 11) is 0. The molecule has 100 valence electrons. The van der Waals surface area contributed by atoms with Gasteiger partial charge >= 0.3 is 6.18 Å². The van der Waals surface area contributed by atoms with E-state index in [-0.39, 0.29) is 11.6 Å². The normalized spacial score (nSPS) is 22.8. The van der Waals surface area contributed by atoms with Crippen LogP contribution in [0.25, 0.3) is 0 Å². The predicted molar refractivity (Wildman–Crippen MR) is 59.8 cm³/mol. The van der Waals surface area contributed by atoms with E-state index in [0.29, 0.717) is 6.42 Å². The van der Waals surface area contributed by atoms with E-state index in [0.717, 1.165) is 37.8 Å². The van der Waals surface area contributed by atoms with Crippen LogP contribution in [0.3, 0.4) is 0 Å². The molecule has 6 heteroatoms. The van der Waals surface area contributed by atoms with Gasteiger partial charge in [-0.25, -0.2) is 0 Å². The zero-order valence-electron chi connectivity index (χ0n) is 9.74. The second kappa shape index (κ2) is 5.24.